The Bertz CT molecular complexity index is 542. The van der Waals surface area contributed by atoms with Gasteiger partial charge in [-0.25, -0.2) is 0 Å². The Hall–Kier alpha value is -1.68. The van der Waals surface area contributed by atoms with E-state index in [0.29, 0.717) is 13.2 Å². The van der Waals surface area contributed by atoms with Gasteiger partial charge in [-0.05, 0) is 18.1 Å². The van der Waals surface area contributed by atoms with E-state index in [0.717, 1.165) is 11.1 Å². The Morgan fingerprint density at radius 3 is 1.90 bits per heavy atom. The molecule has 0 aromatic heterocycles. The maximum atomic E-state index is 9.67. The fraction of sp³-hybridized carbons (Fsp3) is 0.333. The van der Waals surface area contributed by atoms with Gasteiger partial charge < -0.3 is 14.6 Å². The summed E-state index contributed by atoms with van der Waals surface area (Å²) in [6.45, 7) is 2.64. The second-order valence-corrected chi connectivity index (χ2v) is 5.76. The van der Waals surface area contributed by atoms with E-state index in [1.807, 2.05) is 67.6 Å². The second kappa shape index (κ2) is 5.60. The van der Waals surface area contributed by atoms with Gasteiger partial charge in [-0.15, -0.1) is 0 Å². The third-order valence-corrected chi connectivity index (χ3v) is 3.95. The van der Waals surface area contributed by atoms with Gasteiger partial charge in [0.2, 0.25) is 0 Å². The first-order valence-electron chi connectivity index (χ1n) is 7.18. The third kappa shape index (κ3) is 2.60. The van der Waals surface area contributed by atoms with Crippen LogP contribution in [0.5, 0.6) is 0 Å². The molecule has 1 fully saturated rings. The minimum Gasteiger partial charge on any atom is -0.393 e. The van der Waals surface area contributed by atoms with Gasteiger partial charge in [0.15, 0.2) is 0 Å². The highest BCUT2D eigenvalue weighted by atomic mass is 16.6. The third-order valence-electron chi connectivity index (χ3n) is 3.95. The van der Waals surface area contributed by atoms with Crippen molar-refractivity contribution in [3.8, 4) is 0 Å². The van der Waals surface area contributed by atoms with E-state index in [1.54, 1.807) is 0 Å². The zero-order valence-corrected chi connectivity index (χ0v) is 12.2. The molecule has 0 spiro atoms. The number of ether oxygens (including phenoxy) is 2. The monoisotopic (exact) mass is 284 g/mol. The van der Waals surface area contributed by atoms with Crippen molar-refractivity contribution in [3.63, 3.8) is 0 Å². The zero-order chi connectivity index (χ0) is 14.8. The fourth-order valence-corrected chi connectivity index (χ4v) is 2.83. The van der Waals surface area contributed by atoms with E-state index in [1.165, 1.54) is 0 Å². The van der Waals surface area contributed by atoms with Crippen molar-refractivity contribution >= 4 is 0 Å². The van der Waals surface area contributed by atoms with E-state index in [2.05, 4.69) is 0 Å². The molecule has 0 aliphatic carbocycles. The van der Waals surface area contributed by atoms with E-state index < -0.39 is 11.2 Å². The van der Waals surface area contributed by atoms with E-state index >= 15 is 0 Å². The van der Waals surface area contributed by atoms with E-state index in [4.69, 9.17) is 9.47 Å². The topological polar surface area (TPSA) is 38.7 Å². The quantitative estimate of drug-likeness (QED) is 0.942. The highest BCUT2D eigenvalue weighted by molar-refractivity contribution is 5.37. The molecule has 1 saturated heterocycles. The first-order chi connectivity index (χ1) is 10.2. The lowest BCUT2D eigenvalue weighted by Crippen LogP contribution is -2.54. The molecule has 0 bridgehead atoms. The normalized spacial score (nSPS) is 24.7. The first-order valence-corrected chi connectivity index (χ1v) is 7.18. The van der Waals surface area contributed by atoms with Crippen LogP contribution in [0.25, 0.3) is 0 Å². The van der Waals surface area contributed by atoms with Crippen molar-refractivity contribution in [2.75, 3.05) is 19.8 Å². The predicted molar refractivity (Wildman–Crippen MR) is 81.1 cm³/mol. The molecule has 1 unspecified atom stereocenters. The van der Waals surface area contributed by atoms with Crippen LogP contribution in [-0.4, -0.2) is 30.5 Å². The van der Waals surface area contributed by atoms with Crippen LogP contribution in [0.15, 0.2) is 60.7 Å². The summed E-state index contributed by atoms with van der Waals surface area (Å²) in [5, 5.41) is 9.67. The molecule has 1 aliphatic heterocycles. The second-order valence-electron chi connectivity index (χ2n) is 5.76. The molecule has 110 valence electrons. The van der Waals surface area contributed by atoms with Crippen molar-refractivity contribution in [2.24, 2.45) is 0 Å². The maximum absolute atomic E-state index is 9.67. The molecule has 0 saturated carbocycles. The summed E-state index contributed by atoms with van der Waals surface area (Å²) in [5.74, 6) is 0. The molecule has 1 atom stereocenters. The maximum Gasteiger partial charge on any atom is 0.142 e. The van der Waals surface area contributed by atoms with E-state index in [-0.39, 0.29) is 6.61 Å². The van der Waals surface area contributed by atoms with Crippen LogP contribution in [-0.2, 0) is 15.1 Å². The number of aliphatic hydroxyl groups is 1. The lowest BCUT2D eigenvalue weighted by atomic mass is 9.84. The summed E-state index contributed by atoms with van der Waals surface area (Å²) in [7, 11) is 0. The van der Waals surface area contributed by atoms with E-state index in [9.17, 15) is 5.11 Å². The number of benzene rings is 2. The van der Waals surface area contributed by atoms with Gasteiger partial charge in [-0.2, -0.15) is 0 Å². The molecule has 21 heavy (non-hydrogen) atoms. The Morgan fingerprint density at radius 1 is 0.905 bits per heavy atom. The highest BCUT2D eigenvalue weighted by Gasteiger charge is 2.46. The van der Waals surface area contributed by atoms with Crippen LogP contribution in [0.3, 0.4) is 0 Å². The molecule has 1 aliphatic rings. The Morgan fingerprint density at radius 2 is 1.43 bits per heavy atom. The van der Waals surface area contributed by atoms with Gasteiger partial charge >= 0.3 is 0 Å². The van der Waals surface area contributed by atoms with Crippen molar-refractivity contribution in [3.05, 3.63) is 71.8 Å². The highest BCUT2D eigenvalue weighted by Crippen LogP contribution is 2.40. The van der Waals surface area contributed by atoms with Crippen LogP contribution in [0.4, 0.5) is 0 Å². The van der Waals surface area contributed by atoms with Crippen LogP contribution in [0.1, 0.15) is 18.1 Å². The Labute approximate surface area is 125 Å². The van der Waals surface area contributed by atoms with Crippen molar-refractivity contribution in [1.82, 2.24) is 0 Å². The van der Waals surface area contributed by atoms with Crippen molar-refractivity contribution in [2.45, 2.75) is 18.1 Å². The molecule has 3 heteroatoms. The van der Waals surface area contributed by atoms with Gasteiger partial charge in [0.05, 0.1) is 19.8 Å². The minimum atomic E-state index is -0.704. The van der Waals surface area contributed by atoms with Crippen molar-refractivity contribution < 1.29 is 14.6 Å². The summed E-state index contributed by atoms with van der Waals surface area (Å²) < 4.78 is 12.2. The summed E-state index contributed by atoms with van der Waals surface area (Å²) in [6.07, 6.45) is 0. The standard InChI is InChI=1S/C18H20O3/c1-17(12-19)13-20-14-18(21-17,15-8-4-2-5-9-15)16-10-6-3-7-11-16/h2-11,19H,12-14H2,1H3. The smallest absolute Gasteiger partial charge is 0.142 e. The Kier molecular flexibility index (Phi) is 3.81. The van der Waals surface area contributed by atoms with Crippen LogP contribution in [0.2, 0.25) is 0 Å². The molecule has 3 rings (SSSR count). The molecule has 0 amide bonds. The first kappa shape index (κ1) is 14.3. The summed E-state index contributed by atoms with van der Waals surface area (Å²) in [6, 6.07) is 20.1. The minimum absolute atomic E-state index is 0.0750. The van der Waals surface area contributed by atoms with Crippen LogP contribution in [0, 0.1) is 0 Å². The summed E-state index contributed by atoms with van der Waals surface area (Å²) in [4.78, 5) is 0. The molecule has 1 N–H and O–H groups in total. The van der Waals surface area contributed by atoms with Gasteiger partial charge in [-0.3, -0.25) is 0 Å². The molecule has 1 heterocycles. The number of aliphatic hydroxyl groups excluding tert-OH is 1. The average molecular weight is 284 g/mol. The molecular formula is C18H20O3. The summed E-state index contributed by atoms with van der Waals surface area (Å²) in [5.41, 5.74) is 0.688. The molecular weight excluding hydrogens is 264 g/mol. The zero-order valence-electron chi connectivity index (χ0n) is 12.2. The molecule has 2 aromatic carbocycles. The van der Waals surface area contributed by atoms with Crippen molar-refractivity contribution in [1.29, 1.82) is 0 Å². The van der Waals surface area contributed by atoms with Gasteiger partial charge in [0, 0.05) is 0 Å². The van der Waals surface area contributed by atoms with Gasteiger partial charge in [-0.1, -0.05) is 60.7 Å². The fourth-order valence-electron chi connectivity index (χ4n) is 2.83. The lowest BCUT2D eigenvalue weighted by Gasteiger charge is -2.46. The Balaban J connectivity index is 2.12. The van der Waals surface area contributed by atoms with Gasteiger partial charge in [0.25, 0.3) is 0 Å². The molecule has 2 aromatic rings. The largest absolute Gasteiger partial charge is 0.393 e. The summed E-state index contributed by atoms with van der Waals surface area (Å²) >= 11 is 0. The average Bonchev–Trinajstić information content (AvgIpc) is 2.56. The van der Waals surface area contributed by atoms with Crippen LogP contribution < -0.4 is 0 Å². The molecule has 0 radical (unpaired) electrons. The lowest BCUT2D eigenvalue weighted by molar-refractivity contribution is -0.243. The number of hydrogen-bond donors (Lipinski definition) is 1. The SMILES string of the molecule is CC1(CO)COCC(c2ccccc2)(c2ccccc2)O1. The molecule has 3 nitrogen and oxygen atoms in total. The predicted octanol–water partition coefficient (Wildman–Crippen LogP) is 2.73. The van der Waals surface area contributed by atoms with Gasteiger partial charge in [0.1, 0.15) is 11.2 Å². The number of hydrogen-bond acceptors (Lipinski definition) is 3. The number of rotatable bonds is 3. The van der Waals surface area contributed by atoms with Crippen LogP contribution >= 0.6 is 0 Å².